The summed E-state index contributed by atoms with van der Waals surface area (Å²) in [5, 5.41) is 8.71. The number of nitrogen functional groups attached to an aromatic ring is 1. The molecule has 0 aliphatic heterocycles. The number of nitrogens with two attached hydrogens (primary N) is 1. The number of anilines is 1. The molecule has 0 aromatic carbocycles. The number of alkyl halides is 3. The molecule has 0 atom stereocenters. The first-order chi connectivity index (χ1) is 8.78. The Labute approximate surface area is 105 Å². The highest BCUT2D eigenvalue weighted by Gasteiger charge is 2.34. The number of carbonyl (C=O) groups excluding carboxylic acids is 1. The van der Waals surface area contributed by atoms with Crippen LogP contribution in [0.5, 0.6) is 5.75 Å². The number of rotatable bonds is 3. The molecule has 1 rings (SSSR count). The molecular formula is C10H8F3N3O3. The molecule has 0 aliphatic carbocycles. The van der Waals surface area contributed by atoms with Crippen molar-refractivity contribution in [1.29, 1.82) is 5.26 Å². The van der Waals surface area contributed by atoms with Gasteiger partial charge in [-0.05, 0) is 13.0 Å². The Balaban J connectivity index is 3.23. The van der Waals surface area contributed by atoms with Crippen molar-refractivity contribution in [3.05, 3.63) is 17.5 Å². The highest BCUT2D eigenvalue weighted by Crippen LogP contribution is 2.31. The number of nitriles is 1. The molecule has 0 spiro atoms. The lowest BCUT2D eigenvalue weighted by atomic mass is 10.2. The number of esters is 1. The maximum Gasteiger partial charge on any atom is 0.573 e. The van der Waals surface area contributed by atoms with Crippen LogP contribution in [-0.2, 0) is 4.74 Å². The Morgan fingerprint density at radius 1 is 1.58 bits per heavy atom. The Bertz CT molecular complexity index is 537. The smallest absolute Gasteiger partial charge is 0.461 e. The van der Waals surface area contributed by atoms with Crippen LogP contribution in [0.4, 0.5) is 18.9 Å². The van der Waals surface area contributed by atoms with Gasteiger partial charge in [0.05, 0.1) is 12.3 Å². The van der Waals surface area contributed by atoms with Crippen molar-refractivity contribution in [2.45, 2.75) is 13.3 Å². The SMILES string of the molecule is CCOC(=O)c1cc(N)c(OC(F)(F)F)c(C#N)n1. The Morgan fingerprint density at radius 3 is 2.68 bits per heavy atom. The lowest BCUT2D eigenvalue weighted by molar-refractivity contribution is -0.274. The van der Waals surface area contributed by atoms with Gasteiger partial charge in [-0.1, -0.05) is 0 Å². The quantitative estimate of drug-likeness (QED) is 0.841. The monoisotopic (exact) mass is 275 g/mol. The third kappa shape index (κ3) is 3.74. The van der Waals surface area contributed by atoms with E-state index in [9.17, 15) is 18.0 Å². The summed E-state index contributed by atoms with van der Waals surface area (Å²) in [7, 11) is 0. The number of aromatic nitrogens is 1. The van der Waals surface area contributed by atoms with Crippen molar-refractivity contribution in [2.24, 2.45) is 0 Å². The zero-order valence-electron chi connectivity index (χ0n) is 9.61. The molecule has 2 N–H and O–H groups in total. The van der Waals surface area contributed by atoms with Crippen molar-refractivity contribution in [1.82, 2.24) is 4.98 Å². The van der Waals surface area contributed by atoms with Crippen LogP contribution < -0.4 is 10.5 Å². The van der Waals surface area contributed by atoms with Crippen LogP contribution in [0.15, 0.2) is 6.07 Å². The van der Waals surface area contributed by atoms with Gasteiger partial charge in [0.1, 0.15) is 6.07 Å². The van der Waals surface area contributed by atoms with E-state index < -0.39 is 29.5 Å². The summed E-state index contributed by atoms with van der Waals surface area (Å²) < 4.78 is 44.5. The number of carbonyl (C=O) groups is 1. The first-order valence-electron chi connectivity index (χ1n) is 4.92. The predicted molar refractivity (Wildman–Crippen MR) is 56.0 cm³/mol. The first-order valence-corrected chi connectivity index (χ1v) is 4.92. The molecule has 0 unspecified atom stereocenters. The van der Waals surface area contributed by atoms with E-state index in [1.165, 1.54) is 13.0 Å². The summed E-state index contributed by atoms with van der Waals surface area (Å²) in [6.45, 7) is 1.58. The van der Waals surface area contributed by atoms with E-state index in [2.05, 4.69) is 14.5 Å². The molecule has 0 saturated heterocycles. The largest absolute Gasteiger partial charge is 0.573 e. The van der Waals surface area contributed by atoms with Gasteiger partial charge in [-0.2, -0.15) is 5.26 Å². The maximum atomic E-state index is 12.1. The molecule has 1 aromatic rings. The highest BCUT2D eigenvalue weighted by atomic mass is 19.4. The average Bonchev–Trinajstić information content (AvgIpc) is 2.30. The van der Waals surface area contributed by atoms with E-state index in [-0.39, 0.29) is 12.3 Å². The minimum atomic E-state index is -5.02. The summed E-state index contributed by atoms with van der Waals surface area (Å²) >= 11 is 0. The minimum Gasteiger partial charge on any atom is -0.461 e. The summed E-state index contributed by atoms with van der Waals surface area (Å²) in [5.74, 6) is -1.84. The van der Waals surface area contributed by atoms with Crippen LogP contribution >= 0.6 is 0 Å². The fourth-order valence-corrected chi connectivity index (χ4v) is 1.16. The molecule has 19 heavy (non-hydrogen) atoms. The summed E-state index contributed by atoms with van der Waals surface area (Å²) in [5.41, 5.74) is 3.66. The molecule has 1 heterocycles. The van der Waals surface area contributed by atoms with Crippen molar-refractivity contribution >= 4 is 11.7 Å². The van der Waals surface area contributed by atoms with Gasteiger partial charge in [-0.3, -0.25) is 0 Å². The summed E-state index contributed by atoms with van der Waals surface area (Å²) in [6, 6.07) is 2.22. The Morgan fingerprint density at radius 2 is 2.21 bits per heavy atom. The number of halogens is 3. The average molecular weight is 275 g/mol. The predicted octanol–water partition coefficient (Wildman–Crippen LogP) is 1.61. The van der Waals surface area contributed by atoms with Gasteiger partial charge in [0.2, 0.25) is 0 Å². The second kappa shape index (κ2) is 5.43. The van der Waals surface area contributed by atoms with E-state index in [1.54, 1.807) is 0 Å². The van der Waals surface area contributed by atoms with E-state index >= 15 is 0 Å². The topological polar surface area (TPSA) is 98.2 Å². The van der Waals surface area contributed by atoms with Crippen molar-refractivity contribution in [2.75, 3.05) is 12.3 Å². The molecule has 0 fully saturated rings. The fraction of sp³-hybridized carbons (Fsp3) is 0.300. The number of nitrogens with zero attached hydrogens (tertiary/aromatic N) is 2. The molecule has 0 amide bonds. The van der Waals surface area contributed by atoms with Gasteiger partial charge in [0.25, 0.3) is 0 Å². The lowest BCUT2D eigenvalue weighted by Gasteiger charge is -2.12. The van der Waals surface area contributed by atoms with Crippen LogP contribution in [0.2, 0.25) is 0 Å². The van der Waals surface area contributed by atoms with E-state index in [4.69, 9.17) is 11.0 Å². The highest BCUT2D eigenvalue weighted by molar-refractivity contribution is 5.89. The van der Waals surface area contributed by atoms with Gasteiger partial charge in [0, 0.05) is 0 Å². The molecule has 6 nitrogen and oxygen atoms in total. The molecular weight excluding hydrogens is 267 g/mol. The fourth-order valence-electron chi connectivity index (χ4n) is 1.16. The Hall–Kier alpha value is -2.50. The van der Waals surface area contributed by atoms with Gasteiger partial charge in [0.15, 0.2) is 17.1 Å². The zero-order valence-corrected chi connectivity index (χ0v) is 9.61. The van der Waals surface area contributed by atoms with Crippen LogP contribution in [0.25, 0.3) is 0 Å². The van der Waals surface area contributed by atoms with Crippen molar-refractivity contribution in [3.8, 4) is 11.8 Å². The third-order valence-corrected chi connectivity index (χ3v) is 1.81. The third-order valence-electron chi connectivity index (χ3n) is 1.81. The van der Waals surface area contributed by atoms with Crippen LogP contribution in [-0.4, -0.2) is 23.9 Å². The number of hydrogen-bond donors (Lipinski definition) is 1. The van der Waals surface area contributed by atoms with E-state index in [1.807, 2.05) is 0 Å². The number of ether oxygens (including phenoxy) is 2. The van der Waals surface area contributed by atoms with Gasteiger partial charge in [-0.15, -0.1) is 13.2 Å². The maximum absolute atomic E-state index is 12.1. The molecule has 1 aromatic heterocycles. The van der Waals surface area contributed by atoms with Gasteiger partial charge >= 0.3 is 12.3 Å². The molecule has 9 heteroatoms. The van der Waals surface area contributed by atoms with E-state index in [0.717, 1.165) is 6.07 Å². The standard InChI is InChI=1S/C10H8F3N3O3/c1-2-18-9(17)6-3-5(15)8(7(4-14)16-6)19-10(11,12)13/h3H,2H2,1H3,(H2,15,16). The molecule has 0 radical (unpaired) electrons. The molecule has 102 valence electrons. The van der Waals surface area contributed by atoms with Crippen LogP contribution in [0.3, 0.4) is 0 Å². The van der Waals surface area contributed by atoms with Crippen LogP contribution in [0.1, 0.15) is 23.1 Å². The molecule has 0 aliphatic rings. The Kier molecular flexibility index (Phi) is 4.16. The molecule has 0 saturated carbocycles. The number of hydrogen-bond acceptors (Lipinski definition) is 6. The number of pyridine rings is 1. The second-order valence-corrected chi connectivity index (χ2v) is 3.15. The van der Waals surface area contributed by atoms with Gasteiger partial charge in [-0.25, -0.2) is 9.78 Å². The molecule has 0 bridgehead atoms. The minimum absolute atomic E-state index is 0.0447. The van der Waals surface area contributed by atoms with Crippen LogP contribution in [0, 0.1) is 11.3 Å². The normalized spacial score (nSPS) is 10.7. The van der Waals surface area contributed by atoms with E-state index in [0.29, 0.717) is 0 Å². The lowest BCUT2D eigenvalue weighted by Crippen LogP contribution is -2.20. The first kappa shape index (κ1) is 14.6. The van der Waals surface area contributed by atoms with Crippen molar-refractivity contribution < 1.29 is 27.4 Å². The zero-order chi connectivity index (χ0) is 14.6. The summed E-state index contributed by atoms with van der Waals surface area (Å²) in [6.07, 6.45) is -5.02. The van der Waals surface area contributed by atoms with Crippen molar-refractivity contribution in [3.63, 3.8) is 0 Å². The summed E-state index contributed by atoms with van der Waals surface area (Å²) in [4.78, 5) is 14.8. The van der Waals surface area contributed by atoms with Gasteiger partial charge < -0.3 is 15.2 Å². The second-order valence-electron chi connectivity index (χ2n) is 3.15.